The van der Waals surface area contributed by atoms with Gasteiger partial charge in [0, 0.05) is 29.9 Å². The van der Waals surface area contributed by atoms with Crippen LogP contribution in [-0.2, 0) is 51.2 Å². The molecule has 3 rings (SSSR count). The molecule has 0 bridgehead atoms. The molecule has 0 aliphatic heterocycles. The highest BCUT2D eigenvalue weighted by Gasteiger charge is 2.35. The zero-order valence-corrected chi connectivity index (χ0v) is 33.0. The number of aromatic amines is 1. The first-order valence-corrected chi connectivity index (χ1v) is 19.0. The summed E-state index contributed by atoms with van der Waals surface area (Å²) in [5.74, 6) is -8.68. The minimum absolute atomic E-state index is 0.0560. The fraction of sp³-hybridized carbons (Fsp3) is 0.450. The van der Waals surface area contributed by atoms with Crippen LogP contribution in [0.1, 0.15) is 64.5 Å². The average molecular weight is 807 g/mol. The van der Waals surface area contributed by atoms with Gasteiger partial charge in [-0.05, 0) is 35.4 Å². The largest absolute Gasteiger partial charge is 0.481 e. The van der Waals surface area contributed by atoms with Crippen LogP contribution < -0.4 is 38.1 Å². The Kier molecular flexibility index (Phi) is 17.4. The number of hydrogen-bond acceptors (Lipinski definition) is 9. The Bertz CT molecular complexity index is 1930. The van der Waals surface area contributed by atoms with Crippen molar-refractivity contribution in [2.45, 2.75) is 102 Å². The maximum atomic E-state index is 14.0. The second kappa shape index (κ2) is 21.9. The first-order chi connectivity index (χ1) is 27.4. The van der Waals surface area contributed by atoms with Crippen molar-refractivity contribution in [2.75, 3.05) is 0 Å². The van der Waals surface area contributed by atoms with E-state index in [0.717, 1.165) is 10.9 Å². The summed E-state index contributed by atoms with van der Waals surface area (Å²) in [5.41, 5.74) is 13.2. The van der Waals surface area contributed by atoms with Crippen LogP contribution in [0.2, 0.25) is 0 Å². The first kappa shape index (κ1) is 46.1. The summed E-state index contributed by atoms with van der Waals surface area (Å²) >= 11 is 0. The molecular formula is C40H54N8O10. The number of carbonyl (C=O) groups is 8. The van der Waals surface area contributed by atoms with Crippen molar-refractivity contribution in [1.29, 1.82) is 0 Å². The molecule has 0 unspecified atom stereocenters. The quantitative estimate of drug-likeness (QED) is 0.0619. The Morgan fingerprint density at radius 1 is 0.672 bits per heavy atom. The third kappa shape index (κ3) is 14.0. The number of nitrogens with one attached hydrogen (secondary N) is 6. The molecule has 6 amide bonds. The lowest BCUT2D eigenvalue weighted by molar-refractivity contribution is -0.143. The van der Waals surface area contributed by atoms with Crippen molar-refractivity contribution in [3.8, 4) is 0 Å². The molecule has 0 radical (unpaired) electrons. The van der Waals surface area contributed by atoms with Crippen LogP contribution in [0.4, 0.5) is 0 Å². The van der Waals surface area contributed by atoms with Crippen LogP contribution in [0.5, 0.6) is 0 Å². The fourth-order valence-corrected chi connectivity index (χ4v) is 6.21. The van der Waals surface area contributed by atoms with E-state index in [1.165, 1.54) is 0 Å². The highest BCUT2D eigenvalue weighted by molar-refractivity contribution is 5.98. The van der Waals surface area contributed by atoms with Crippen LogP contribution >= 0.6 is 0 Å². The molecule has 1 heterocycles. The molecule has 2 aromatic carbocycles. The number of H-pyrrole nitrogens is 1. The van der Waals surface area contributed by atoms with E-state index in [9.17, 15) is 43.5 Å². The number of carboxylic acid groups (broad SMARTS) is 2. The van der Waals surface area contributed by atoms with Crippen molar-refractivity contribution < 1.29 is 48.6 Å². The van der Waals surface area contributed by atoms with Gasteiger partial charge in [0.1, 0.15) is 30.2 Å². The van der Waals surface area contributed by atoms with Gasteiger partial charge in [0.15, 0.2) is 0 Å². The van der Waals surface area contributed by atoms with Gasteiger partial charge in [0.05, 0.1) is 18.9 Å². The van der Waals surface area contributed by atoms with E-state index in [1.54, 1.807) is 76.4 Å². The second-order valence-electron chi connectivity index (χ2n) is 14.7. The van der Waals surface area contributed by atoms with Gasteiger partial charge >= 0.3 is 11.9 Å². The van der Waals surface area contributed by atoms with Crippen molar-refractivity contribution in [2.24, 2.45) is 23.3 Å². The monoisotopic (exact) mass is 806 g/mol. The number of aliphatic carboxylic acids is 2. The van der Waals surface area contributed by atoms with Gasteiger partial charge in [-0.2, -0.15) is 0 Å². The molecule has 7 atom stereocenters. The van der Waals surface area contributed by atoms with E-state index < -0.39 is 102 Å². The Labute approximate surface area is 335 Å². The molecule has 0 aliphatic carbocycles. The molecule has 0 saturated carbocycles. The number of benzene rings is 2. The van der Waals surface area contributed by atoms with Gasteiger partial charge < -0.3 is 53.2 Å². The van der Waals surface area contributed by atoms with Crippen molar-refractivity contribution in [1.82, 2.24) is 31.6 Å². The van der Waals surface area contributed by atoms with Crippen LogP contribution in [0.15, 0.2) is 60.8 Å². The molecule has 58 heavy (non-hydrogen) atoms. The second-order valence-corrected chi connectivity index (χ2v) is 14.7. The van der Waals surface area contributed by atoms with Crippen molar-refractivity contribution in [3.05, 3.63) is 71.9 Å². The molecule has 314 valence electrons. The number of carbonyl (C=O) groups excluding carboxylic acids is 6. The summed E-state index contributed by atoms with van der Waals surface area (Å²) in [6, 6.07) is 7.36. The average Bonchev–Trinajstić information content (AvgIpc) is 3.57. The minimum atomic E-state index is -1.65. The van der Waals surface area contributed by atoms with E-state index in [0.29, 0.717) is 17.5 Å². The SMILES string of the molecule is CC[C@H](C)[C@H](NC(=O)[C@H](Cc1ccccc1)NC(=O)[C@@H](N)CC(=O)O)C(=O)N[C@@H](CC(N)=O)C(=O)N[C@@H](Cc1c[nH]c2ccccc12)C(=O)N[C@@H](CC(C)C)C(=O)O. The van der Waals surface area contributed by atoms with Crippen molar-refractivity contribution in [3.63, 3.8) is 0 Å². The summed E-state index contributed by atoms with van der Waals surface area (Å²) in [5, 5.41) is 32.3. The Balaban J connectivity index is 1.90. The molecule has 18 nitrogen and oxygen atoms in total. The van der Waals surface area contributed by atoms with E-state index in [4.69, 9.17) is 16.6 Å². The maximum absolute atomic E-state index is 14.0. The number of nitrogens with two attached hydrogens (primary N) is 2. The summed E-state index contributed by atoms with van der Waals surface area (Å²) in [7, 11) is 0. The van der Waals surface area contributed by atoms with E-state index in [-0.39, 0.29) is 25.2 Å². The maximum Gasteiger partial charge on any atom is 0.326 e. The highest BCUT2D eigenvalue weighted by Crippen LogP contribution is 2.20. The number of primary amides is 1. The summed E-state index contributed by atoms with van der Waals surface area (Å²) < 4.78 is 0. The fourth-order valence-electron chi connectivity index (χ4n) is 6.21. The van der Waals surface area contributed by atoms with E-state index in [2.05, 4.69) is 31.6 Å². The zero-order valence-electron chi connectivity index (χ0n) is 33.0. The third-order valence-electron chi connectivity index (χ3n) is 9.53. The molecule has 0 saturated heterocycles. The molecule has 18 heteroatoms. The minimum Gasteiger partial charge on any atom is -0.481 e. The number of para-hydroxylation sites is 1. The van der Waals surface area contributed by atoms with Gasteiger partial charge in [-0.25, -0.2) is 4.79 Å². The lowest BCUT2D eigenvalue weighted by Crippen LogP contribution is -2.61. The Morgan fingerprint density at radius 2 is 1.22 bits per heavy atom. The molecule has 0 spiro atoms. The number of rotatable bonds is 23. The van der Waals surface area contributed by atoms with Gasteiger partial charge in [0.2, 0.25) is 35.4 Å². The summed E-state index contributed by atoms with van der Waals surface area (Å²) in [4.78, 5) is 107. The van der Waals surface area contributed by atoms with Gasteiger partial charge in [-0.15, -0.1) is 0 Å². The summed E-state index contributed by atoms with van der Waals surface area (Å²) in [6.45, 7) is 6.98. The van der Waals surface area contributed by atoms with Crippen molar-refractivity contribution >= 4 is 58.3 Å². The van der Waals surface area contributed by atoms with Crippen LogP contribution in [0, 0.1) is 11.8 Å². The van der Waals surface area contributed by atoms with Gasteiger partial charge in [0.25, 0.3) is 0 Å². The first-order valence-electron chi connectivity index (χ1n) is 19.0. The number of amides is 6. The van der Waals surface area contributed by atoms with Crippen LogP contribution in [0.25, 0.3) is 10.9 Å². The molecule has 3 aromatic rings. The predicted molar refractivity (Wildman–Crippen MR) is 212 cm³/mol. The number of fused-ring (bicyclic) bond motifs is 1. The van der Waals surface area contributed by atoms with Gasteiger partial charge in [-0.3, -0.25) is 33.6 Å². The zero-order chi connectivity index (χ0) is 43.1. The van der Waals surface area contributed by atoms with Crippen LogP contribution in [-0.4, -0.2) is 98.8 Å². The third-order valence-corrected chi connectivity index (χ3v) is 9.53. The topological polar surface area (TPSA) is 305 Å². The lowest BCUT2D eigenvalue weighted by atomic mass is 9.96. The van der Waals surface area contributed by atoms with E-state index in [1.807, 2.05) is 12.1 Å². The van der Waals surface area contributed by atoms with E-state index >= 15 is 0 Å². The molecular weight excluding hydrogens is 752 g/mol. The smallest absolute Gasteiger partial charge is 0.326 e. The Morgan fingerprint density at radius 3 is 1.83 bits per heavy atom. The normalized spacial score (nSPS) is 14.8. The lowest BCUT2D eigenvalue weighted by Gasteiger charge is -2.29. The standard InChI is InChI=1S/C40H54N8O10/c1-5-22(4)34(48-38(55)28(16-23-11-7-6-8-12-23)44-35(52)26(41)18-33(50)51)39(56)46-30(19-32(42)49)37(54)45-29(36(53)47-31(40(57)58)15-21(2)3)17-24-20-43-27-14-10-9-13-25(24)27/h6-14,20-22,26,28-31,34,43H,5,15-19,41H2,1-4H3,(H2,42,49)(H,44,52)(H,45,54)(H,46,56)(H,47,53)(H,48,55)(H,50,51)(H,57,58)/t22-,26-,28-,29-,30-,31-,34-/m0/s1. The number of carboxylic acids is 2. The summed E-state index contributed by atoms with van der Waals surface area (Å²) in [6.07, 6.45) is 0.521. The molecule has 0 aliphatic rings. The van der Waals surface area contributed by atoms with Crippen LogP contribution in [0.3, 0.4) is 0 Å². The predicted octanol–water partition coefficient (Wildman–Crippen LogP) is 0.231. The molecule has 1 aromatic heterocycles. The molecule has 0 fully saturated rings. The van der Waals surface area contributed by atoms with Gasteiger partial charge in [-0.1, -0.05) is 82.6 Å². The number of hydrogen-bond donors (Lipinski definition) is 10. The highest BCUT2D eigenvalue weighted by atomic mass is 16.4. The Hall–Kier alpha value is -6.30. The number of aromatic nitrogens is 1. The molecule has 12 N–H and O–H groups in total.